The SMILES string of the molecule is O.[AlH2].c1ccccc1. The Hall–Kier alpha value is -0.288. The maximum absolute atomic E-state index is 2.00. The van der Waals surface area contributed by atoms with Gasteiger partial charge in [-0.2, -0.15) is 0 Å². The Labute approximate surface area is 59.8 Å². The Balaban J connectivity index is 0. The van der Waals surface area contributed by atoms with Crippen LogP contribution in [-0.2, 0) is 0 Å². The van der Waals surface area contributed by atoms with Crippen LogP contribution in [0.25, 0.3) is 0 Å². The molecule has 2 heteroatoms. The van der Waals surface area contributed by atoms with Gasteiger partial charge in [-0.1, -0.05) is 36.4 Å². The molecule has 0 bridgehead atoms. The van der Waals surface area contributed by atoms with Gasteiger partial charge in [0.15, 0.2) is 0 Å². The second kappa shape index (κ2) is 6.71. The second-order valence-electron chi connectivity index (χ2n) is 1.15. The van der Waals surface area contributed by atoms with E-state index in [-0.39, 0.29) is 22.8 Å². The molecule has 2 N–H and O–H groups in total. The number of hydrogen-bond acceptors (Lipinski definition) is 0. The molecule has 0 heterocycles. The molecule has 0 saturated carbocycles. The molecule has 0 aliphatic rings. The molecule has 0 aliphatic heterocycles. The van der Waals surface area contributed by atoms with Gasteiger partial charge >= 0.3 is 0 Å². The summed E-state index contributed by atoms with van der Waals surface area (Å²) in [6, 6.07) is 12.0. The summed E-state index contributed by atoms with van der Waals surface area (Å²) in [6.07, 6.45) is 0. The standard InChI is InChI=1S/C6H6.Al.H2O.2H/c1-2-4-6-5-3-1;;;;/h1-6H;;1H2;;. The molecule has 0 atom stereocenters. The van der Waals surface area contributed by atoms with E-state index in [1.54, 1.807) is 0 Å². The van der Waals surface area contributed by atoms with Crippen LogP contribution in [-0.4, -0.2) is 22.8 Å². The Morgan fingerprint density at radius 1 is 0.500 bits per heavy atom. The van der Waals surface area contributed by atoms with Gasteiger partial charge in [0.25, 0.3) is 0 Å². The van der Waals surface area contributed by atoms with Crippen LogP contribution in [0.15, 0.2) is 36.4 Å². The molecule has 0 unspecified atom stereocenters. The number of hydrogen-bond donors (Lipinski definition) is 0. The van der Waals surface area contributed by atoms with Crippen LogP contribution in [0.5, 0.6) is 0 Å². The zero-order chi connectivity index (χ0) is 4.24. The number of rotatable bonds is 0. The Morgan fingerprint density at radius 3 is 0.750 bits per heavy atom. The highest BCUT2D eigenvalue weighted by atomic mass is 27.0. The average molecular weight is 125 g/mol. The van der Waals surface area contributed by atoms with E-state index >= 15 is 0 Å². The molecule has 0 fully saturated rings. The third-order valence-corrected chi connectivity index (χ3v) is 0.667. The van der Waals surface area contributed by atoms with E-state index in [0.717, 1.165) is 0 Å². The predicted octanol–water partition coefficient (Wildman–Crippen LogP) is -0.0543. The van der Waals surface area contributed by atoms with E-state index in [1.165, 1.54) is 0 Å². The fraction of sp³-hybridized carbons (Fsp3) is 0. The van der Waals surface area contributed by atoms with Crippen molar-refractivity contribution >= 4 is 17.4 Å². The Kier molecular flexibility index (Phi) is 8.94. The summed E-state index contributed by atoms with van der Waals surface area (Å²) in [5, 5.41) is 0. The van der Waals surface area contributed by atoms with Crippen molar-refractivity contribution in [1.82, 2.24) is 0 Å². The van der Waals surface area contributed by atoms with Crippen molar-refractivity contribution in [3.05, 3.63) is 36.4 Å². The van der Waals surface area contributed by atoms with Crippen LogP contribution >= 0.6 is 0 Å². The van der Waals surface area contributed by atoms with Gasteiger partial charge in [0.1, 0.15) is 17.4 Å². The van der Waals surface area contributed by atoms with Crippen LogP contribution in [0.2, 0.25) is 0 Å². The summed E-state index contributed by atoms with van der Waals surface area (Å²) in [4.78, 5) is 0. The minimum atomic E-state index is 0. The quantitative estimate of drug-likeness (QED) is 0.435. The smallest absolute Gasteiger partial charge is 0.146 e. The van der Waals surface area contributed by atoms with Crippen LogP contribution in [0.4, 0.5) is 0 Å². The van der Waals surface area contributed by atoms with E-state index in [0.29, 0.717) is 0 Å². The minimum Gasteiger partial charge on any atom is -0.412 e. The first-order valence-electron chi connectivity index (χ1n) is 2.00. The second-order valence-corrected chi connectivity index (χ2v) is 1.15. The van der Waals surface area contributed by atoms with Crippen molar-refractivity contribution in [1.29, 1.82) is 0 Å². The van der Waals surface area contributed by atoms with Crippen molar-refractivity contribution < 1.29 is 5.48 Å². The molecule has 1 radical (unpaired) electrons. The molecule has 8 heavy (non-hydrogen) atoms. The van der Waals surface area contributed by atoms with Crippen molar-refractivity contribution in [3.63, 3.8) is 0 Å². The highest BCUT2D eigenvalue weighted by Crippen LogP contribution is 1.79. The first-order valence-corrected chi connectivity index (χ1v) is 2.00. The van der Waals surface area contributed by atoms with Gasteiger partial charge in [-0.05, 0) is 0 Å². The maximum atomic E-state index is 2.00. The molecule has 1 aromatic carbocycles. The molecular formula is C6H10AlO. The highest BCUT2D eigenvalue weighted by Gasteiger charge is 1.57. The molecular weight excluding hydrogens is 115 g/mol. The zero-order valence-electron chi connectivity index (χ0n) is 4.96. The fourth-order valence-corrected chi connectivity index (χ4v) is 0.385. The lowest BCUT2D eigenvalue weighted by Crippen LogP contribution is -1.47. The maximum Gasteiger partial charge on any atom is 0.146 e. The minimum absolute atomic E-state index is 0. The van der Waals surface area contributed by atoms with Crippen LogP contribution in [0, 0.1) is 0 Å². The predicted molar refractivity (Wildman–Crippen MR) is 38.6 cm³/mol. The lowest BCUT2D eigenvalue weighted by Gasteiger charge is -1.69. The summed E-state index contributed by atoms with van der Waals surface area (Å²) in [6.45, 7) is 0. The van der Waals surface area contributed by atoms with E-state index in [9.17, 15) is 0 Å². The van der Waals surface area contributed by atoms with E-state index in [4.69, 9.17) is 0 Å². The number of benzene rings is 1. The zero-order valence-corrected chi connectivity index (χ0v) is 6.96. The normalized spacial score (nSPS) is 6.00. The van der Waals surface area contributed by atoms with Crippen LogP contribution < -0.4 is 0 Å². The molecule has 0 aromatic heterocycles. The molecule has 1 nitrogen and oxygen atoms in total. The van der Waals surface area contributed by atoms with E-state index in [2.05, 4.69) is 0 Å². The molecule has 1 rings (SSSR count). The first kappa shape index (κ1) is 10.6. The first-order chi connectivity index (χ1) is 3.00. The van der Waals surface area contributed by atoms with E-state index in [1.807, 2.05) is 36.4 Å². The van der Waals surface area contributed by atoms with Crippen molar-refractivity contribution in [2.75, 3.05) is 0 Å². The van der Waals surface area contributed by atoms with Gasteiger partial charge in [-0.25, -0.2) is 0 Å². The summed E-state index contributed by atoms with van der Waals surface area (Å²) in [5.74, 6) is 0. The molecule has 43 valence electrons. The summed E-state index contributed by atoms with van der Waals surface area (Å²) in [5.41, 5.74) is 0. The Bertz CT molecular complexity index is 80.5. The lowest BCUT2D eigenvalue weighted by atomic mass is 10.4. The van der Waals surface area contributed by atoms with E-state index < -0.39 is 0 Å². The third kappa shape index (κ3) is 3.89. The molecule has 1 aromatic rings. The topological polar surface area (TPSA) is 31.5 Å². The molecule has 0 spiro atoms. The van der Waals surface area contributed by atoms with Gasteiger partial charge in [-0.15, -0.1) is 0 Å². The van der Waals surface area contributed by atoms with Crippen molar-refractivity contribution in [3.8, 4) is 0 Å². The van der Waals surface area contributed by atoms with Gasteiger partial charge in [0, 0.05) is 0 Å². The summed E-state index contributed by atoms with van der Waals surface area (Å²) in [7, 11) is 0. The third-order valence-electron chi connectivity index (χ3n) is 0.667. The lowest BCUT2D eigenvalue weighted by molar-refractivity contribution is 0.824. The van der Waals surface area contributed by atoms with Crippen LogP contribution in [0.1, 0.15) is 0 Å². The summed E-state index contributed by atoms with van der Waals surface area (Å²) < 4.78 is 0. The van der Waals surface area contributed by atoms with Crippen molar-refractivity contribution in [2.24, 2.45) is 0 Å². The van der Waals surface area contributed by atoms with Crippen LogP contribution in [0.3, 0.4) is 0 Å². The largest absolute Gasteiger partial charge is 0.412 e. The van der Waals surface area contributed by atoms with Gasteiger partial charge < -0.3 is 5.48 Å². The van der Waals surface area contributed by atoms with Crippen molar-refractivity contribution in [2.45, 2.75) is 0 Å². The van der Waals surface area contributed by atoms with Gasteiger partial charge in [-0.3, -0.25) is 0 Å². The fourth-order valence-electron chi connectivity index (χ4n) is 0.385. The van der Waals surface area contributed by atoms with Gasteiger partial charge in [0.05, 0.1) is 0 Å². The summed E-state index contributed by atoms with van der Waals surface area (Å²) >= 11 is 0. The monoisotopic (exact) mass is 125 g/mol. The van der Waals surface area contributed by atoms with Gasteiger partial charge in [0.2, 0.25) is 0 Å². The molecule has 0 saturated heterocycles. The Morgan fingerprint density at radius 2 is 0.625 bits per heavy atom. The highest BCUT2D eigenvalue weighted by molar-refractivity contribution is 5.75. The molecule has 0 aliphatic carbocycles. The average Bonchev–Trinajstić information content (AvgIpc) is 1.72. The molecule has 0 amide bonds.